The van der Waals surface area contributed by atoms with Crippen LogP contribution in [0.4, 0.5) is 0 Å². The van der Waals surface area contributed by atoms with E-state index in [0.717, 1.165) is 54.3 Å². The summed E-state index contributed by atoms with van der Waals surface area (Å²) in [6, 6.07) is 0. The molecule has 0 aromatic rings. The molecule has 4 aliphatic rings. The van der Waals surface area contributed by atoms with Gasteiger partial charge in [-0.1, -0.05) is 53.9 Å². The predicted molar refractivity (Wildman–Crippen MR) is 119 cm³/mol. The van der Waals surface area contributed by atoms with Gasteiger partial charge in [-0.3, -0.25) is 0 Å². The third kappa shape index (κ3) is 3.50. The number of fused-ring (bicyclic) bond motifs is 5. The molecule has 0 bridgehead atoms. The van der Waals surface area contributed by atoms with Gasteiger partial charge >= 0.3 is 0 Å². The first-order valence-electron chi connectivity index (χ1n) is 12.9. The minimum absolute atomic E-state index is 0.00830. The summed E-state index contributed by atoms with van der Waals surface area (Å²) in [4.78, 5) is 0. The summed E-state index contributed by atoms with van der Waals surface area (Å²) in [5, 5.41) is 10.3. The van der Waals surface area contributed by atoms with Gasteiger partial charge in [0, 0.05) is 0 Å². The van der Waals surface area contributed by atoms with Crippen molar-refractivity contribution in [3.05, 3.63) is 0 Å². The molecule has 0 heterocycles. The van der Waals surface area contributed by atoms with Crippen LogP contribution in [0.25, 0.3) is 0 Å². The van der Waals surface area contributed by atoms with Crippen LogP contribution in [0.15, 0.2) is 0 Å². The molecule has 0 aromatic carbocycles. The largest absolute Gasteiger partial charge is 0.393 e. The van der Waals surface area contributed by atoms with Crippen LogP contribution in [0, 0.1) is 52.3 Å². The normalized spacial score (nSPS) is 49.4. The van der Waals surface area contributed by atoms with E-state index in [1.165, 1.54) is 64.2 Å². The summed E-state index contributed by atoms with van der Waals surface area (Å²) in [5.41, 5.74) is 1.15. The molecule has 0 spiro atoms. The van der Waals surface area contributed by atoms with Crippen LogP contribution in [0.1, 0.15) is 112 Å². The van der Waals surface area contributed by atoms with Crippen molar-refractivity contribution < 1.29 is 5.11 Å². The van der Waals surface area contributed by atoms with Crippen molar-refractivity contribution in [2.45, 2.75) is 118 Å². The third-order valence-corrected chi connectivity index (χ3v) is 10.8. The van der Waals surface area contributed by atoms with Crippen LogP contribution in [0.3, 0.4) is 0 Å². The van der Waals surface area contributed by atoms with E-state index >= 15 is 0 Å². The van der Waals surface area contributed by atoms with E-state index in [1.807, 2.05) is 0 Å². The molecular formula is C27H48O. The summed E-state index contributed by atoms with van der Waals surface area (Å²) in [7, 11) is 0. The maximum Gasteiger partial charge on any atom is 0.0543 e. The minimum Gasteiger partial charge on any atom is -0.393 e. The molecule has 1 heteroatoms. The second kappa shape index (κ2) is 7.90. The number of hydrogen-bond acceptors (Lipinski definition) is 1. The fourth-order valence-corrected chi connectivity index (χ4v) is 9.26. The van der Waals surface area contributed by atoms with E-state index < -0.39 is 0 Å². The lowest BCUT2D eigenvalue weighted by molar-refractivity contribution is -0.129. The van der Waals surface area contributed by atoms with E-state index in [9.17, 15) is 5.11 Å². The highest BCUT2D eigenvalue weighted by Gasteiger charge is 2.60. The Morgan fingerprint density at radius 3 is 2.29 bits per heavy atom. The van der Waals surface area contributed by atoms with Crippen molar-refractivity contribution >= 4 is 0 Å². The Balaban J connectivity index is 1.46. The van der Waals surface area contributed by atoms with Crippen molar-refractivity contribution in [1.29, 1.82) is 0 Å². The highest BCUT2D eigenvalue weighted by atomic mass is 16.3. The molecule has 0 saturated heterocycles. The smallest absolute Gasteiger partial charge is 0.0543 e. The summed E-state index contributed by atoms with van der Waals surface area (Å²) in [5.74, 6) is 6.49. The number of rotatable bonds is 5. The van der Waals surface area contributed by atoms with Crippen molar-refractivity contribution in [2.75, 3.05) is 0 Å². The maximum atomic E-state index is 10.3. The zero-order valence-electron chi connectivity index (χ0n) is 19.6. The van der Waals surface area contributed by atoms with Crippen molar-refractivity contribution in [3.63, 3.8) is 0 Å². The Labute approximate surface area is 175 Å². The van der Waals surface area contributed by atoms with Gasteiger partial charge in [0.05, 0.1) is 6.10 Å². The summed E-state index contributed by atoms with van der Waals surface area (Å²) in [6.45, 7) is 12.7. The monoisotopic (exact) mass is 388 g/mol. The van der Waals surface area contributed by atoms with Crippen LogP contribution >= 0.6 is 0 Å². The van der Waals surface area contributed by atoms with Gasteiger partial charge in [-0.25, -0.2) is 0 Å². The highest BCUT2D eigenvalue weighted by molar-refractivity contribution is 5.09. The predicted octanol–water partition coefficient (Wildman–Crippen LogP) is 7.47. The molecule has 0 aromatic heterocycles. The van der Waals surface area contributed by atoms with Gasteiger partial charge in [-0.05, 0) is 110 Å². The van der Waals surface area contributed by atoms with E-state index in [0.29, 0.717) is 10.8 Å². The Kier molecular flexibility index (Phi) is 5.98. The molecule has 4 rings (SSSR count). The Morgan fingerprint density at radius 1 is 0.821 bits per heavy atom. The lowest BCUT2D eigenvalue weighted by atomic mass is 9.44. The molecule has 1 nitrogen and oxygen atoms in total. The zero-order chi connectivity index (χ0) is 20.1. The zero-order valence-corrected chi connectivity index (χ0v) is 19.6. The molecule has 162 valence electrons. The molecule has 0 radical (unpaired) electrons. The minimum atomic E-state index is -0.00830. The first kappa shape index (κ1) is 21.2. The molecular weight excluding hydrogens is 340 g/mol. The average Bonchev–Trinajstić information content (AvgIpc) is 2.99. The first-order chi connectivity index (χ1) is 13.3. The van der Waals surface area contributed by atoms with Crippen LogP contribution in [-0.2, 0) is 0 Å². The van der Waals surface area contributed by atoms with Gasteiger partial charge in [-0.2, -0.15) is 0 Å². The van der Waals surface area contributed by atoms with Crippen LogP contribution in [0.2, 0.25) is 0 Å². The highest BCUT2D eigenvalue weighted by Crippen LogP contribution is 2.68. The van der Waals surface area contributed by atoms with Crippen LogP contribution in [-0.4, -0.2) is 11.2 Å². The lowest BCUT2D eigenvalue weighted by Gasteiger charge is -2.61. The maximum absolute atomic E-state index is 10.3. The standard InChI is InChI=1S/C27H48O/c1-18(2)7-6-8-19(3)23-11-12-24-22-10-9-20-17-21(28)13-15-26(20,4)25(22)14-16-27(23,24)5/h18-25,28H,6-17H2,1-5H3/t19-,20-,21-,22+,23+,24-,25-,26-,27+/m0/s1. The Hall–Kier alpha value is -0.0400. The van der Waals surface area contributed by atoms with Crippen molar-refractivity contribution in [2.24, 2.45) is 52.3 Å². The molecule has 0 unspecified atom stereocenters. The fourth-order valence-electron chi connectivity index (χ4n) is 9.26. The molecule has 28 heavy (non-hydrogen) atoms. The number of aliphatic hydroxyl groups excluding tert-OH is 1. The van der Waals surface area contributed by atoms with E-state index in [2.05, 4.69) is 34.6 Å². The van der Waals surface area contributed by atoms with Gasteiger partial charge < -0.3 is 5.11 Å². The van der Waals surface area contributed by atoms with Gasteiger partial charge in [0.2, 0.25) is 0 Å². The number of aliphatic hydroxyl groups is 1. The molecule has 1 N–H and O–H groups in total. The van der Waals surface area contributed by atoms with Crippen molar-refractivity contribution in [3.8, 4) is 0 Å². The van der Waals surface area contributed by atoms with E-state index in [-0.39, 0.29) is 6.10 Å². The fraction of sp³-hybridized carbons (Fsp3) is 1.00. The quantitative estimate of drug-likeness (QED) is 0.518. The summed E-state index contributed by atoms with van der Waals surface area (Å²) in [6.07, 6.45) is 16.6. The van der Waals surface area contributed by atoms with E-state index in [1.54, 1.807) is 0 Å². The Bertz CT molecular complexity index is 540. The lowest BCUT2D eigenvalue weighted by Crippen LogP contribution is -2.54. The molecule has 0 aliphatic heterocycles. The molecule has 0 amide bonds. The molecule has 9 atom stereocenters. The molecule has 4 fully saturated rings. The third-order valence-electron chi connectivity index (χ3n) is 10.8. The van der Waals surface area contributed by atoms with Crippen LogP contribution < -0.4 is 0 Å². The second-order valence-electron chi connectivity index (χ2n) is 12.6. The van der Waals surface area contributed by atoms with E-state index in [4.69, 9.17) is 0 Å². The first-order valence-corrected chi connectivity index (χ1v) is 12.9. The summed E-state index contributed by atoms with van der Waals surface area (Å²) < 4.78 is 0. The molecule has 4 saturated carbocycles. The number of hydrogen-bond donors (Lipinski definition) is 1. The topological polar surface area (TPSA) is 20.2 Å². The molecule has 4 aliphatic carbocycles. The van der Waals surface area contributed by atoms with Gasteiger partial charge in [0.15, 0.2) is 0 Å². The SMILES string of the molecule is CC(C)CCC[C@H](C)[C@H]1CC[C@H]2[C@H]3CC[C@H]4C[C@@H](O)CC[C@]4(C)[C@H]3CC[C@]12C. The van der Waals surface area contributed by atoms with Gasteiger partial charge in [0.1, 0.15) is 0 Å². The Morgan fingerprint density at radius 2 is 1.54 bits per heavy atom. The van der Waals surface area contributed by atoms with Gasteiger partial charge in [0.25, 0.3) is 0 Å². The second-order valence-corrected chi connectivity index (χ2v) is 12.6. The van der Waals surface area contributed by atoms with Crippen molar-refractivity contribution in [1.82, 2.24) is 0 Å². The van der Waals surface area contributed by atoms with Gasteiger partial charge in [-0.15, -0.1) is 0 Å². The van der Waals surface area contributed by atoms with Crippen LogP contribution in [0.5, 0.6) is 0 Å². The summed E-state index contributed by atoms with van der Waals surface area (Å²) >= 11 is 0. The average molecular weight is 389 g/mol.